The highest BCUT2D eigenvalue weighted by molar-refractivity contribution is 6.00. The maximum Gasteiger partial charge on any atom is 0.596 e. The SMILES string of the molecule is CC(C)(C)OC(=O)[N+]1=CCC(NC(=O)c2cc[nH]c2-c2ccccc2)C1. The number of aromatic nitrogens is 1. The molecular weight excluding hydrogens is 330 g/mol. The number of ether oxygens (including phenoxy) is 1. The van der Waals surface area contributed by atoms with Gasteiger partial charge in [-0.2, -0.15) is 4.79 Å². The molecule has 2 heterocycles. The van der Waals surface area contributed by atoms with Crippen LogP contribution in [0.2, 0.25) is 0 Å². The van der Waals surface area contributed by atoms with Gasteiger partial charge in [0.05, 0.1) is 23.7 Å². The lowest BCUT2D eigenvalue weighted by Crippen LogP contribution is -2.39. The van der Waals surface area contributed by atoms with Crippen LogP contribution in [-0.4, -0.2) is 46.0 Å². The van der Waals surface area contributed by atoms with Gasteiger partial charge in [-0.05, 0) is 32.4 Å². The van der Waals surface area contributed by atoms with E-state index in [0.717, 1.165) is 11.3 Å². The number of rotatable bonds is 3. The minimum atomic E-state index is -0.540. The molecule has 1 aliphatic heterocycles. The number of hydrogen-bond acceptors (Lipinski definition) is 3. The maximum absolute atomic E-state index is 12.7. The first-order valence-electron chi connectivity index (χ1n) is 8.70. The van der Waals surface area contributed by atoms with Crippen LogP contribution in [0.15, 0.2) is 42.6 Å². The predicted molar refractivity (Wildman–Crippen MR) is 99.5 cm³/mol. The topological polar surface area (TPSA) is 74.2 Å². The van der Waals surface area contributed by atoms with E-state index in [-0.39, 0.29) is 18.0 Å². The van der Waals surface area contributed by atoms with E-state index < -0.39 is 5.60 Å². The second-order valence-electron chi connectivity index (χ2n) is 7.35. The van der Waals surface area contributed by atoms with Crippen LogP contribution in [0.3, 0.4) is 0 Å². The molecule has 6 nitrogen and oxygen atoms in total. The van der Waals surface area contributed by atoms with Crippen LogP contribution in [0.1, 0.15) is 37.6 Å². The summed E-state index contributed by atoms with van der Waals surface area (Å²) in [6.07, 6.45) is 3.73. The number of hydrogen-bond donors (Lipinski definition) is 2. The van der Waals surface area contributed by atoms with Crippen molar-refractivity contribution in [3.63, 3.8) is 0 Å². The molecule has 0 aliphatic carbocycles. The zero-order chi connectivity index (χ0) is 18.7. The van der Waals surface area contributed by atoms with Crippen LogP contribution in [0.5, 0.6) is 0 Å². The Kier molecular flexibility index (Phi) is 4.93. The molecule has 3 rings (SSSR count). The monoisotopic (exact) mass is 354 g/mol. The fourth-order valence-corrected chi connectivity index (χ4v) is 2.88. The fourth-order valence-electron chi connectivity index (χ4n) is 2.88. The highest BCUT2D eigenvalue weighted by Gasteiger charge is 2.34. The predicted octanol–water partition coefficient (Wildman–Crippen LogP) is 3.20. The van der Waals surface area contributed by atoms with Crippen molar-refractivity contribution in [3.05, 3.63) is 48.2 Å². The molecule has 136 valence electrons. The molecule has 1 aromatic heterocycles. The van der Waals surface area contributed by atoms with Gasteiger partial charge < -0.3 is 15.0 Å². The van der Waals surface area contributed by atoms with Crippen LogP contribution in [0, 0.1) is 0 Å². The zero-order valence-corrected chi connectivity index (χ0v) is 15.3. The quantitative estimate of drug-likeness (QED) is 0.831. The first kappa shape index (κ1) is 17.9. The molecule has 1 unspecified atom stereocenters. The number of benzene rings is 1. The van der Waals surface area contributed by atoms with Crippen molar-refractivity contribution in [1.82, 2.24) is 10.3 Å². The van der Waals surface area contributed by atoms with E-state index in [1.54, 1.807) is 18.5 Å². The van der Waals surface area contributed by atoms with Crippen molar-refractivity contribution in [2.45, 2.75) is 38.8 Å². The van der Waals surface area contributed by atoms with Crippen molar-refractivity contribution in [2.75, 3.05) is 6.54 Å². The fraction of sp³-hybridized carbons (Fsp3) is 0.350. The third kappa shape index (κ3) is 4.20. The number of carbonyl (C=O) groups is 2. The van der Waals surface area contributed by atoms with Gasteiger partial charge in [0.25, 0.3) is 5.91 Å². The highest BCUT2D eigenvalue weighted by atomic mass is 16.6. The molecule has 0 radical (unpaired) electrons. The molecule has 1 atom stereocenters. The second-order valence-corrected chi connectivity index (χ2v) is 7.35. The van der Waals surface area contributed by atoms with Gasteiger partial charge in [-0.25, -0.2) is 0 Å². The Bertz CT molecular complexity index is 831. The Morgan fingerprint density at radius 3 is 2.62 bits per heavy atom. The van der Waals surface area contributed by atoms with Crippen molar-refractivity contribution in [1.29, 1.82) is 0 Å². The largest absolute Gasteiger partial charge is 0.596 e. The number of carbonyl (C=O) groups excluding carboxylic acids is 2. The van der Waals surface area contributed by atoms with E-state index in [1.165, 1.54) is 4.58 Å². The summed E-state index contributed by atoms with van der Waals surface area (Å²) in [5.41, 5.74) is 1.79. The summed E-state index contributed by atoms with van der Waals surface area (Å²) in [6.45, 7) is 5.90. The Morgan fingerprint density at radius 1 is 1.19 bits per heavy atom. The highest BCUT2D eigenvalue weighted by Crippen LogP contribution is 2.22. The minimum Gasteiger partial charge on any atom is -0.406 e. The number of nitrogens with zero attached hydrogens (tertiary/aromatic N) is 1. The number of aromatic amines is 1. The van der Waals surface area contributed by atoms with Gasteiger partial charge in [0.1, 0.15) is 5.60 Å². The molecule has 2 aromatic rings. The minimum absolute atomic E-state index is 0.131. The summed E-state index contributed by atoms with van der Waals surface area (Å²) >= 11 is 0. The van der Waals surface area contributed by atoms with E-state index in [0.29, 0.717) is 18.5 Å². The standard InChI is InChI=1S/C20H23N3O3/c1-20(2,3)26-19(25)23-12-10-15(13-23)22-18(24)16-9-11-21-17(16)14-7-5-4-6-8-14/h4-9,11-12,15H,10,13H2,1-3H3,(H-,21,22,24)/p+1. The van der Waals surface area contributed by atoms with Crippen molar-refractivity contribution < 1.29 is 18.9 Å². The van der Waals surface area contributed by atoms with Crippen LogP contribution in [0.25, 0.3) is 11.3 Å². The van der Waals surface area contributed by atoms with Crippen LogP contribution in [-0.2, 0) is 4.74 Å². The molecule has 0 saturated carbocycles. The zero-order valence-electron chi connectivity index (χ0n) is 15.3. The first-order chi connectivity index (χ1) is 12.3. The third-order valence-corrected chi connectivity index (χ3v) is 4.04. The molecule has 2 amide bonds. The Labute approximate surface area is 152 Å². The molecule has 26 heavy (non-hydrogen) atoms. The number of nitrogens with one attached hydrogen (secondary N) is 2. The summed E-state index contributed by atoms with van der Waals surface area (Å²) in [5, 5.41) is 3.00. The Morgan fingerprint density at radius 2 is 1.92 bits per heavy atom. The smallest absolute Gasteiger partial charge is 0.406 e. The molecule has 0 bridgehead atoms. The summed E-state index contributed by atoms with van der Waals surface area (Å²) in [5.74, 6) is -0.158. The van der Waals surface area contributed by atoms with Crippen LogP contribution < -0.4 is 5.32 Å². The molecule has 0 saturated heterocycles. The molecular formula is C20H24N3O3+. The molecule has 1 aliphatic rings. The van der Waals surface area contributed by atoms with Gasteiger partial charge in [-0.15, -0.1) is 4.58 Å². The lowest BCUT2D eigenvalue weighted by Gasteiger charge is -2.16. The first-order valence-corrected chi connectivity index (χ1v) is 8.70. The molecule has 1 aromatic carbocycles. The lowest BCUT2D eigenvalue weighted by atomic mass is 10.1. The Hall–Kier alpha value is -2.89. The van der Waals surface area contributed by atoms with Crippen molar-refractivity contribution in [2.24, 2.45) is 0 Å². The maximum atomic E-state index is 12.7. The van der Waals surface area contributed by atoms with Gasteiger partial charge in [-0.3, -0.25) is 4.79 Å². The third-order valence-electron chi connectivity index (χ3n) is 4.04. The van der Waals surface area contributed by atoms with E-state index in [9.17, 15) is 9.59 Å². The number of amides is 2. The van der Waals surface area contributed by atoms with Gasteiger partial charge in [0.15, 0.2) is 12.8 Å². The van der Waals surface area contributed by atoms with Gasteiger partial charge in [0.2, 0.25) is 0 Å². The lowest BCUT2D eigenvalue weighted by molar-refractivity contribution is -0.440. The summed E-state index contributed by atoms with van der Waals surface area (Å²) in [7, 11) is 0. The molecule has 6 heteroatoms. The van der Waals surface area contributed by atoms with Gasteiger partial charge in [-0.1, -0.05) is 30.3 Å². The molecule has 2 N–H and O–H groups in total. The van der Waals surface area contributed by atoms with E-state index in [4.69, 9.17) is 4.74 Å². The normalized spacial score (nSPS) is 16.9. The van der Waals surface area contributed by atoms with Gasteiger partial charge >= 0.3 is 6.09 Å². The van der Waals surface area contributed by atoms with Crippen LogP contribution >= 0.6 is 0 Å². The van der Waals surface area contributed by atoms with Crippen molar-refractivity contribution in [3.8, 4) is 11.3 Å². The van der Waals surface area contributed by atoms with E-state index >= 15 is 0 Å². The van der Waals surface area contributed by atoms with Crippen molar-refractivity contribution >= 4 is 18.2 Å². The average Bonchev–Trinajstić information content (AvgIpc) is 3.23. The van der Waals surface area contributed by atoms with Gasteiger partial charge in [0, 0.05) is 6.20 Å². The second kappa shape index (κ2) is 7.15. The van der Waals surface area contributed by atoms with E-state index in [1.807, 2.05) is 51.1 Å². The Balaban J connectivity index is 1.63. The van der Waals surface area contributed by atoms with E-state index in [2.05, 4.69) is 10.3 Å². The number of H-pyrrole nitrogens is 1. The summed E-state index contributed by atoms with van der Waals surface area (Å²) in [6, 6.07) is 11.3. The average molecular weight is 354 g/mol. The molecule has 0 fully saturated rings. The summed E-state index contributed by atoms with van der Waals surface area (Å²) in [4.78, 5) is 27.9. The summed E-state index contributed by atoms with van der Waals surface area (Å²) < 4.78 is 6.88. The van der Waals surface area contributed by atoms with Crippen LogP contribution in [0.4, 0.5) is 4.79 Å². The molecule has 0 spiro atoms.